The largest absolute Gasteiger partial charge is 0.364 e. The van der Waals surface area contributed by atoms with Gasteiger partial charge in [-0.25, -0.2) is 4.39 Å². The van der Waals surface area contributed by atoms with E-state index in [2.05, 4.69) is 25.8 Å². The number of nitrogens with zero attached hydrogens (tertiary/aromatic N) is 3. The molecule has 2 N–H and O–H groups in total. The standard InChI is InChI=1S/C18H17ClFN5/c19-15-6-3-4-13(10-15)8-9-21-18-24-17(12-23-25-18)22-11-14-5-1-2-7-16(14)20/h1-7,10,12H,8-9,11H2,(H2,21,22,24,25). The third-order valence-corrected chi connectivity index (χ3v) is 3.80. The monoisotopic (exact) mass is 357 g/mol. The van der Waals surface area contributed by atoms with Gasteiger partial charge in [0.15, 0.2) is 5.82 Å². The Kier molecular flexibility index (Phi) is 5.74. The molecule has 3 rings (SSSR count). The highest BCUT2D eigenvalue weighted by Crippen LogP contribution is 2.12. The number of nitrogens with one attached hydrogen (secondary N) is 2. The number of rotatable bonds is 7. The number of anilines is 2. The zero-order valence-corrected chi connectivity index (χ0v) is 14.2. The van der Waals surface area contributed by atoms with E-state index >= 15 is 0 Å². The van der Waals surface area contributed by atoms with E-state index in [9.17, 15) is 4.39 Å². The summed E-state index contributed by atoms with van der Waals surface area (Å²) >= 11 is 5.97. The van der Waals surface area contributed by atoms with E-state index < -0.39 is 0 Å². The zero-order chi connectivity index (χ0) is 17.5. The molecule has 0 saturated carbocycles. The molecule has 0 saturated heterocycles. The molecule has 5 nitrogen and oxygen atoms in total. The molecule has 0 bridgehead atoms. The van der Waals surface area contributed by atoms with Crippen LogP contribution in [0.1, 0.15) is 11.1 Å². The van der Waals surface area contributed by atoms with Gasteiger partial charge in [0.1, 0.15) is 5.82 Å². The molecule has 0 amide bonds. The normalized spacial score (nSPS) is 10.5. The Morgan fingerprint density at radius 1 is 1.04 bits per heavy atom. The van der Waals surface area contributed by atoms with Crippen LogP contribution in [0.15, 0.2) is 54.7 Å². The maximum Gasteiger partial charge on any atom is 0.244 e. The van der Waals surface area contributed by atoms with Crippen molar-refractivity contribution >= 4 is 23.4 Å². The molecular weight excluding hydrogens is 341 g/mol. The molecule has 25 heavy (non-hydrogen) atoms. The quantitative estimate of drug-likeness (QED) is 0.670. The highest BCUT2D eigenvalue weighted by Gasteiger charge is 2.03. The molecule has 2 aromatic carbocycles. The van der Waals surface area contributed by atoms with Crippen LogP contribution in [0, 0.1) is 5.82 Å². The van der Waals surface area contributed by atoms with E-state index in [1.807, 2.05) is 24.3 Å². The van der Waals surface area contributed by atoms with Gasteiger partial charge in [0, 0.05) is 23.7 Å². The summed E-state index contributed by atoms with van der Waals surface area (Å²) in [6.45, 7) is 0.978. The second-order valence-corrected chi connectivity index (χ2v) is 5.85. The van der Waals surface area contributed by atoms with Crippen molar-refractivity contribution in [1.82, 2.24) is 15.2 Å². The van der Waals surface area contributed by atoms with Crippen LogP contribution in [0.4, 0.5) is 16.2 Å². The maximum absolute atomic E-state index is 13.6. The Bertz CT molecular complexity index is 843. The van der Waals surface area contributed by atoms with Crippen LogP contribution < -0.4 is 10.6 Å². The number of halogens is 2. The summed E-state index contributed by atoms with van der Waals surface area (Å²) in [4.78, 5) is 4.32. The molecule has 0 unspecified atom stereocenters. The predicted octanol–water partition coefficient (Wildman–Crippen LogP) is 3.93. The van der Waals surface area contributed by atoms with Gasteiger partial charge in [0.2, 0.25) is 5.95 Å². The van der Waals surface area contributed by atoms with Crippen LogP contribution in [-0.4, -0.2) is 21.7 Å². The Balaban J connectivity index is 1.53. The van der Waals surface area contributed by atoms with Crippen LogP contribution in [-0.2, 0) is 13.0 Å². The summed E-state index contributed by atoms with van der Waals surface area (Å²) in [5.74, 6) is 0.695. The summed E-state index contributed by atoms with van der Waals surface area (Å²) in [6, 6.07) is 14.3. The van der Waals surface area contributed by atoms with Gasteiger partial charge in [-0.1, -0.05) is 41.9 Å². The number of benzene rings is 2. The molecule has 1 heterocycles. The van der Waals surface area contributed by atoms with Gasteiger partial charge < -0.3 is 10.6 Å². The van der Waals surface area contributed by atoms with Crippen molar-refractivity contribution in [3.8, 4) is 0 Å². The summed E-state index contributed by atoms with van der Waals surface area (Å²) < 4.78 is 13.6. The van der Waals surface area contributed by atoms with E-state index in [0.717, 1.165) is 17.0 Å². The first-order chi connectivity index (χ1) is 12.2. The number of hydrogen-bond acceptors (Lipinski definition) is 5. The lowest BCUT2D eigenvalue weighted by Gasteiger charge is -2.08. The van der Waals surface area contributed by atoms with E-state index in [4.69, 9.17) is 11.6 Å². The summed E-state index contributed by atoms with van der Waals surface area (Å²) in [5.41, 5.74) is 1.69. The van der Waals surface area contributed by atoms with Crippen LogP contribution in [0.2, 0.25) is 5.02 Å². The lowest BCUT2D eigenvalue weighted by atomic mass is 10.1. The first-order valence-corrected chi connectivity index (χ1v) is 8.24. The fourth-order valence-corrected chi connectivity index (χ4v) is 2.52. The third kappa shape index (κ3) is 5.12. The van der Waals surface area contributed by atoms with Gasteiger partial charge in [-0.15, -0.1) is 5.10 Å². The Hall–Kier alpha value is -2.73. The molecule has 0 aliphatic heterocycles. The highest BCUT2D eigenvalue weighted by atomic mass is 35.5. The van der Waals surface area contributed by atoms with E-state index in [-0.39, 0.29) is 5.82 Å². The molecule has 0 aliphatic carbocycles. The van der Waals surface area contributed by atoms with E-state index in [1.54, 1.807) is 18.2 Å². The Morgan fingerprint density at radius 2 is 1.92 bits per heavy atom. The molecule has 1 aromatic heterocycles. The van der Waals surface area contributed by atoms with Gasteiger partial charge in [0.05, 0.1) is 6.20 Å². The van der Waals surface area contributed by atoms with E-state index in [0.29, 0.717) is 30.4 Å². The number of aromatic nitrogens is 3. The highest BCUT2D eigenvalue weighted by molar-refractivity contribution is 6.30. The van der Waals surface area contributed by atoms with Crippen LogP contribution in [0.5, 0.6) is 0 Å². The van der Waals surface area contributed by atoms with Crippen molar-refractivity contribution < 1.29 is 4.39 Å². The predicted molar refractivity (Wildman–Crippen MR) is 97.2 cm³/mol. The molecule has 3 aromatic rings. The van der Waals surface area contributed by atoms with Crippen molar-refractivity contribution in [1.29, 1.82) is 0 Å². The van der Waals surface area contributed by atoms with Gasteiger partial charge >= 0.3 is 0 Å². The minimum Gasteiger partial charge on any atom is -0.364 e. The van der Waals surface area contributed by atoms with Crippen molar-refractivity contribution in [2.45, 2.75) is 13.0 Å². The van der Waals surface area contributed by atoms with Gasteiger partial charge in [-0.05, 0) is 30.2 Å². The third-order valence-electron chi connectivity index (χ3n) is 3.56. The summed E-state index contributed by atoms with van der Waals surface area (Å²) in [7, 11) is 0. The van der Waals surface area contributed by atoms with E-state index in [1.165, 1.54) is 12.3 Å². The van der Waals surface area contributed by atoms with Crippen molar-refractivity contribution in [3.05, 3.63) is 76.7 Å². The van der Waals surface area contributed by atoms with Gasteiger partial charge in [-0.3, -0.25) is 0 Å². The fourth-order valence-electron chi connectivity index (χ4n) is 2.30. The second-order valence-electron chi connectivity index (χ2n) is 5.42. The lowest BCUT2D eigenvalue weighted by molar-refractivity contribution is 0.613. The molecule has 0 atom stereocenters. The summed E-state index contributed by atoms with van der Waals surface area (Å²) in [5, 5.41) is 14.7. The minimum atomic E-state index is -0.253. The average Bonchev–Trinajstić information content (AvgIpc) is 2.62. The topological polar surface area (TPSA) is 62.7 Å². The molecule has 0 radical (unpaired) electrons. The Morgan fingerprint density at radius 3 is 2.76 bits per heavy atom. The smallest absolute Gasteiger partial charge is 0.244 e. The maximum atomic E-state index is 13.6. The van der Waals surface area contributed by atoms with Gasteiger partial charge in [0.25, 0.3) is 0 Å². The molecule has 7 heteroatoms. The van der Waals surface area contributed by atoms with Crippen molar-refractivity contribution in [2.75, 3.05) is 17.2 Å². The molecule has 128 valence electrons. The first kappa shape index (κ1) is 17.1. The molecule has 0 fully saturated rings. The molecular formula is C18H17ClFN5. The average molecular weight is 358 g/mol. The molecule has 0 aliphatic rings. The molecule has 0 spiro atoms. The SMILES string of the molecule is Fc1ccccc1CNc1cnnc(NCCc2cccc(Cl)c2)n1. The fraction of sp³-hybridized carbons (Fsp3) is 0.167. The second kappa shape index (κ2) is 8.39. The van der Waals surface area contributed by atoms with Crippen molar-refractivity contribution in [2.24, 2.45) is 0 Å². The van der Waals surface area contributed by atoms with Crippen LogP contribution in [0.25, 0.3) is 0 Å². The van der Waals surface area contributed by atoms with Crippen LogP contribution in [0.3, 0.4) is 0 Å². The summed E-state index contributed by atoms with van der Waals surface area (Å²) in [6.07, 6.45) is 2.29. The zero-order valence-electron chi connectivity index (χ0n) is 13.4. The minimum absolute atomic E-state index is 0.253. The Labute approximate surface area is 150 Å². The lowest BCUT2D eigenvalue weighted by Crippen LogP contribution is -2.11. The van der Waals surface area contributed by atoms with Crippen LogP contribution >= 0.6 is 11.6 Å². The number of hydrogen-bond donors (Lipinski definition) is 2. The van der Waals surface area contributed by atoms with Crippen molar-refractivity contribution in [3.63, 3.8) is 0 Å². The van der Waals surface area contributed by atoms with Gasteiger partial charge in [-0.2, -0.15) is 10.1 Å². The first-order valence-electron chi connectivity index (χ1n) is 7.86.